The Morgan fingerprint density at radius 1 is 1.16 bits per heavy atom. The number of aryl methyl sites for hydroxylation is 2. The lowest BCUT2D eigenvalue weighted by Gasteiger charge is -2.23. The van der Waals surface area contributed by atoms with Gasteiger partial charge in [-0.15, -0.1) is 5.10 Å². The van der Waals surface area contributed by atoms with Crippen molar-refractivity contribution >= 4 is 5.71 Å². The van der Waals surface area contributed by atoms with E-state index in [9.17, 15) is 9.50 Å². The molecule has 1 atom stereocenters. The number of H-pyrrole nitrogens is 1. The van der Waals surface area contributed by atoms with Gasteiger partial charge in [0.1, 0.15) is 17.3 Å². The molecule has 1 aliphatic heterocycles. The number of phenols is 1. The van der Waals surface area contributed by atoms with Crippen LogP contribution in [0, 0.1) is 5.82 Å². The molecule has 25 heavy (non-hydrogen) atoms. The molecule has 1 unspecified atom stereocenters. The standard InChI is InChI=1S/C19H15FN4O/c20-15-7-12(25)3-4-13(15)14-9-22-19-16-11(8-21-18(14)16)2-1-10-5-6-23-24-17(10)19/h3-8,14,21,25H,1-2,9H2. The van der Waals surface area contributed by atoms with Crippen molar-refractivity contribution in [1.82, 2.24) is 15.2 Å². The quantitative estimate of drug-likeness (QED) is 0.718. The molecule has 0 spiro atoms. The molecule has 3 aromatic rings. The average Bonchev–Trinajstić information content (AvgIpc) is 2.97. The molecule has 124 valence electrons. The van der Waals surface area contributed by atoms with E-state index in [0.29, 0.717) is 12.1 Å². The lowest BCUT2D eigenvalue weighted by atomic mass is 9.87. The summed E-state index contributed by atoms with van der Waals surface area (Å²) in [5.74, 6) is -0.692. The first-order chi connectivity index (χ1) is 12.2. The van der Waals surface area contributed by atoms with Gasteiger partial charge in [-0.2, -0.15) is 5.10 Å². The number of hydrogen-bond donors (Lipinski definition) is 2. The molecule has 0 fully saturated rings. The van der Waals surface area contributed by atoms with Crippen molar-refractivity contribution in [2.45, 2.75) is 18.8 Å². The summed E-state index contributed by atoms with van der Waals surface area (Å²) < 4.78 is 14.4. The minimum absolute atomic E-state index is 0.0734. The van der Waals surface area contributed by atoms with E-state index >= 15 is 0 Å². The number of rotatable bonds is 1. The van der Waals surface area contributed by atoms with Gasteiger partial charge in [0.25, 0.3) is 0 Å². The second-order valence-electron chi connectivity index (χ2n) is 6.46. The Kier molecular flexibility index (Phi) is 3.00. The number of fused-ring (bicyclic) bond motifs is 2. The summed E-state index contributed by atoms with van der Waals surface area (Å²) in [5.41, 5.74) is 6.52. The zero-order valence-corrected chi connectivity index (χ0v) is 13.3. The molecule has 0 saturated carbocycles. The highest BCUT2D eigenvalue weighted by Gasteiger charge is 2.33. The van der Waals surface area contributed by atoms with Gasteiger partial charge in [0, 0.05) is 35.6 Å². The van der Waals surface area contributed by atoms with Crippen LogP contribution in [0.4, 0.5) is 4.39 Å². The maximum Gasteiger partial charge on any atom is 0.130 e. The molecule has 0 amide bonds. The summed E-state index contributed by atoms with van der Waals surface area (Å²) >= 11 is 0. The van der Waals surface area contributed by atoms with Gasteiger partial charge >= 0.3 is 0 Å². The third kappa shape index (κ3) is 2.10. The molecule has 5 nitrogen and oxygen atoms in total. The van der Waals surface area contributed by atoms with E-state index in [-0.39, 0.29) is 11.7 Å². The van der Waals surface area contributed by atoms with Crippen molar-refractivity contribution in [2.75, 3.05) is 6.54 Å². The van der Waals surface area contributed by atoms with Crippen LogP contribution in [-0.2, 0) is 12.8 Å². The molecule has 2 N–H and O–H groups in total. The monoisotopic (exact) mass is 334 g/mol. The minimum Gasteiger partial charge on any atom is -0.508 e. The first kappa shape index (κ1) is 14.3. The number of hydrogen-bond acceptors (Lipinski definition) is 4. The fourth-order valence-electron chi connectivity index (χ4n) is 3.86. The Morgan fingerprint density at radius 3 is 2.92 bits per heavy atom. The summed E-state index contributed by atoms with van der Waals surface area (Å²) in [6.45, 7) is 0.431. The van der Waals surface area contributed by atoms with Crippen LogP contribution in [0.3, 0.4) is 0 Å². The highest BCUT2D eigenvalue weighted by Crippen LogP contribution is 2.37. The first-order valence-electron chi connectivity index (χ1n) is 8.26. The highest BCUT2D eigenvalue weighted by atomic mass is 19.1. The van der Waals surface area contributed by atoms with Crippen LogP contribution in [0.1, 0.15) is 39.6 Å². The predicted octanol–water partition coefficient (Wildman–Crippen LogP) is 2.73. The van der Waals surface area contributed by atoms with Crippen molar-refractivity contribution in [3.63, 3.8) is 0 Å². The van der Waals surface area contributed by atoms with Gasteiger partial charge in [0.2, 0.25) is 0 Å². The highest BCUT2D eigenvalue weighted by molar-refractivity contribution is 6.15. The number of nitrogens with one attached hydrogen (secondary N) is 1. The second-order valence-corrected chi connectivity index (χ2v) is 6.46. The van der Waals surface area contributed by atoms with Crippen molar-refractivity contribution in [3.8, 4) is 5.75 Å². The average molecular weight is 334 g/mol. The van der Waals surface area contributed by atoms with E-state index < -0.39 is 5.82 Å². The van der Waals surface area contributed by atoms with E-state index in [1.54, 1.807) is 12.3 Å². The van der Waals surface area contributed by atoms with Crippen molar-refractivity contribution in [3.05, 3.63) is 76.1 Å². The van der Waals surface area contributed by atoms with E-state index in [0.717, 1.165) is 47.1 Å². The zero-order chi connectivity index (χ0) is 17.0. The van der Waals surface area contributed by atoms with Crippen molar-refractivity contribution < 1.29 is 9.50 Å². The van der Waals surface area contributed by atoms with Gasteiger partial charge in [-0.3, -0.25) is 4.99 Å². The van der Waals surface area contributed by atoms with Crippen LogP contribution >= 0.6 is 0 Å². The smallest absolute Gasteiger partial charge is 0.130 e. The predicted molar refractivity (Wildman–Crippen MR) is 90.6 cm³/mol. The molecule has 1 aromatic carbocycles. The fraction of sp³-hybridized carbons (Fsp3) is 0.211. The normalized spacial score (nSPS) is 18.1. The number of aromatic nitrogens is 3. The molecule has 3 heterocycles. The van der Waals surface area contributed by atoms with Gasteiger partial charge in [-0.05, 0) is 41.7 Å². The van der Waals surface area contributed by atoms with E-state index in [2.05, 4.69) is 15.2 Å². The zero-order valence-electron chi connectivity index (χ0n) is 13.3. The largest absolute Gasteiger partial charge is 0.508 e. The molecule has 2 aromatic heterocycles. The summed E-state index contributed by atoms with van der Waals surface area (Å²) in [6.07, 6.45) is 5.47. The molecule has 2 aliphatic rings. The molecule has 0 saturated heterocycles. The number of aliphatic imine (C=N–C) groups is 1. The molecular weight excluding hydrogens is 319 g/mol. The van der Waals surface area contributed by atoms with Gasteiger partial charge in [-0.1, -0.05) is 6.07 Å². The van der Waals surface area contributed by atoms with Crippen LogP contribution in [0.5, 0.6) is 5.75 Å². The third-order valence-corrected chi connectivity index (χ3v) is 5.06. The van der Waals surface area contributed by atoms with E-state index in [4.69, 9.17) is 4.99 Å². The second kappa shape index (κ2) is 5.24. The molecule has 1 aliphatic carbocycles. The van der Waals surface area contributed by atoms with E-state index in [1.165, 1.54) is 11.6 Å². The SMILES string of the molecule is Oc1ccc(C2CN=C3c4nnccc4CCc4c[nH]c2c43)c(F)c1. The Morgan fingerprint density at radius 2 is 2.04 bits per heavy atom. The van der Waals surface area contributed by atoms with Gasteiger partial charge in [0.05, 0.1) is 12.3 Å². The van der Waals surface area contributed by atoms with Crippen LogP contribution in [0.2, 0.25) is 0 Å². The van der Waals surface area contributed by atoms with Crippen LogP contribution in [0.15, 0.2) is 41.7 Å². The Labute approximate surface area is 143 Å². The topological polar surface area (TPSA) is 74.2 Å². The van der Waals surface area contributed by atoms with Gasteiger partial charge < -0.3 is 10.1 Å². The first-order valence-corrected chi connectivity index (χ1v) is 8.26. The molecule has 0 radical (unpaired) electrons. The fourth-order valence-corrected chi connectivity index (χ4v) is 3.86. The Bertz CT molecular complexity index is 1020. The molecule has 0 bridgehead atoms. The number of phenolic OH excluding ortho intramolecular Hbond substituents is 1. The molecule has 5 rings (SSSR count). The number of benzene rings is 1. The molecular formula is C19H15FN4O. The number of halogens is 1. The van der Waals surface area contributed by atoms with Crippen molar-refractivity contribution in [1.29, 1.82) is 0 Å². The Balaban J connectivity index is 1.69. The number of aromatic amines is 1. The lowest BCUT2D eigenvalue weighted by Crippen LogP contribution is -2.21. The van der Waals surface area contributed by atoms with Crippen molar-refractivity contribution in [2.24, 2.45) is 4.99 Å². The number of aromatic hydroxyl groups is 1. The van der Waals surface area contributed by atoms with Crippen LogP contribution in [0.25, 0.3) is 0 Å². The van der Waals surface area contributed by atoms with Gasteiger partial charge in [-0.25, -0.2) is 4.39 Å². The van der Waals surface area contributed by atoms with Gasteiger partial charge in [0.15, 0.2) is 0 Å². The van der Waals surface area contributed by atoms with E-state index in [1.807, 2.05) is 12.3 Å². The summed E-state index contributed by atoms with van der Waals surface area (Å²) in [6, 6.07) is 6.29. The maximum atomic E-state index is 14.4. The Hall–Kier alpha value is -3.02. The third-order valence-electron chi connectivity index (χ3n) is 5.06. The summed E-state index contributed by atoms with van der Waals surface area (Å²) in [5, 5.41) is 17.8. The minimum atomic E-state index is -0.416. The lowest BCUT2D eigenvalue weighted by molar-refractivity contribution is 0.467. The maximum absolute atomic E-state index is 14.4. The molecule has 6 heteroatoms. The number of nitrogens with zero attached hydrogens (tertiary/aromatic N) is 3. The van der Waals surface area contributed by atoms with Crippen LogP contribution < -0.4 is 0 Å². The van der Waals surface area contributed by atoms with Crippen LogP contribution in [-0.4, -0.2) is 32.5 Å². The summed E-state index contributed by atoms with van der Waals surface area (Å²) in [4.78, 5) is 8.10. The summed E-state index contributed by atoms with van der Waals surface area (Å²) in [7, 11) is 0.